The number of amides is 2. The fraction of sp³-hybridized carbons (Fsp3) is 0.750. The molecular weight excluding hydrogens is 547 g/mol. The van der Waals surface area contributed by atoms with Crippen LogP contribution in [0.4, 0.5) is 18.0 Å². The summed E-state index contributed by atoms with van der Waals surface area (Å²) in [5.74, 6) is 0.682. The molecule has 234 valence electrons. The summed E-state index contributed by atoms with van der Waals surface area (Å²) in [5, 5.41) is 0. The predicted molar refractivity (Wildman–Crippen MR) is 152 cm³/mol. The first-order valence-corrected chi connectivity index (χ1v) is 15.5. The molecule has 7 nitrogen and oxygen atoms in total. The second-order valence-electron chi connectivity index (χ2n) is 14.0. The SMILES string of the molecule is CC(C)[C@H]1CO[C@]23CC[C@H](N(Cc4ccc(C(F)(F)F)cc4)C[C@@H]4CCCN4C(=O)OC(C)(C)C)C[C@H]2CCC(=O)N13. The number of nitrogens with zero attached hydrogens (tertiary/aromatic N) is 3. The minimum absolute atomic E-state index is 0.0392. The number of rotatable bonds is 6. The highest BCUT2D eigenvalue weighted by molar-refractivity contribution is 5.78. The van der Waals surface area contributed by atoms with E-state index in [1.165, 1.54) is 0 Å². The van der Waals surface area contributed by atoms with Gasteiger partial charge in [-0.05, 0) is 82.9 Å². The summed E-state index contributed by atoms with van der Waals surface area (Å²) in [6.07, 6.45) is 0.716. The summed E-state index contributed by atoms with van der Waals surface area (Å²) in [6, 6.07) is 5.62. The summed E-state index contributed by atoms with van der Waals surface area (Å²) in [5.41, 5.74) is -1.00. The molecule has 0 radical (unpaired) electrons. The molecule has 0 N–H and O–H groups in total. The van der Waals surface area contributed by atoms with Gasteiger partial charge in [0.2, 0.25) is 5.91 Å². The maximum absolute atomic E-state index is 13.2. The van der Waals surface area contributed by atoms with Crippen LogP contribution in [0.5, 0.6) is 0 Å². The van der Waals surface area contributed by atoms with Gasteiger partial charge in [-0.2, -0.15) is 13.2 Å². The Labute approximate surface area is 247 Å². The Bertz CT molecular complexity index is 1140. The Morgan fingerprint density at radius 3 is 2.50 bits per heavy atom. The van der Waals surface area contributed by atoms with Gasteiger partial charge in [-0.15, -0.1) is 0 Å². The number of likely N-dealkylation sites (tertiary alicyclic amines) is 1. The smallest absolute Gasteiger partial charge is 0.416 e. The van der Waals surface area contributed by atoms with Crippen LogP contribution in [-0.4, -0.2) is 75.8 Å². The van der Waals surface area contributed by atoms with Gasteiger partial charge in [0.15, 0.2) is 0 Å². The number of alkyl halides is 3. The lowest BCUT2D eigenvalue weighted by Crippen LogP contribution is -2.63. The highest BCUT2D eigenvalue weighted by atomic mass is 19.4. The van der Waals surface area contributed by atoms with E-state index in [4.69, 9.17) is 9.47 Å². The van der Waals surface area contributed by atoms with Gasteiger partial charge in [-0.3, -0.25) is 9.69 Å². The summed E-state index contributed by atoms with van der Waals surface area (Å²) in [7, 11) is 0. The third-order valence-electron chi connectivity index (χ3n) is 9.65. The number of carbonyl (C=O) groups is 2. The lowest BCUT2D eigenvalue weighted by atomic mass is 9.72. The molecular formula is C32H46F3N3O4. The van der Waals surface area contributed by atoms with Crippen molar-refractivity contribution in [1.82, 2.24) is 14.7 Å². The van der Waals surface area contributed by atoms with Crippen LogP contribution < -0.4 is 0 Å². The molecule has 42 heavy (non-hydrogen) atoms. The molecule has 3 saturated heterocycles. The molecule has 0 aromatic heterocycles. The third kappa shape index (κ3) is 6.30. The normalized spacial score (nSPS) is 30.2. The largest absolute Gasteiger partial charge is 0.444 e. The van der Waals surface area contributed by atoms with Gasteiger partial charge in [-0.25, -0.2) is 4.79 Å². The van der Waals surface area contributed by atoms with E-state index in [-0.39, 0.29) is 36.0 Å². The fourth-order valence-electron chi connectivity index (χ4n) is 7.58. The van der Waals surface area contributed by atoms with Crippen LogP contribution in [0.25, 0.3) is 0 Å². The molecule has 0 unspecified atom stereocenters. The van der Waals surface area contributed by atoms with Gasteiger partial charge in [0.25, 0.3) is 0 Å². The third-order valence-corrected chi connectivity index (χ3v) is 9.65. The second kappa shape index (κ2) is 11.6. The molecule has 3 heterocycles. The summed E-state index contributed by atoms with van der Waals surface area (Å²) >= 11 is 0. The standard InChI is InChI=1S/C32H46F3N3O4/c1-21(2)27-20-41-31-15-14-25(17-24(31)12-13-28(39)38(27)31)36(18-22-8-10-23(11-9-22)32(33,34)35)19-26-7-6-16-37(26)29(40)42-30(3,4)5/h8-11,21,24-27H,6-7,12-20H2,1-5H3/t24-,25+,26+,27-,31-/m1/s1. The summed E-state index contributed by atoms with van der Waals surface area (Å²) < 4.78 is 52.0. The zero-order valence-electron chi connectivity index (χ0n) is 25.6. The molecule has 10 heteroatoms. The average molecular weight is 594 g/mol. The lowest BCUT2D eigenvalue weighted by Gasteiger charge is -2.54. The van der Waals surface area contributed by atoms with E-state index in [1.54, 1.807) is 12.1 Å². The fourth-order valence-corrected chi connectivity index (χ4v) is 7.58. The van der Waals surface area contributed by atoms with Crippen LogP contribution in [0, 0.1) is 11.8 Å². The van der Waals surface area contributed by atoms with Crippen molar-refractivity contribution >= 4 is 12.0 Å². The van der Waals surface area contributed by atoms with Crippen molar-refractivity contribution in [2.75, 3.05) is 19.7 Å². The lowest BCUT2D eigenvalue weighted by molar-refractivity contribution is -0.192. The quantitative estimate of drug-likeness (QED) is 0.380. The minimum Gasteiger partial charge on any atom is -0.444 e. The molecule has 4 aliphatic rings. The molecule has 1 aliphatic carbocycles. The van der Waals surface area contributed by atoms with Crippen molar-refractivity contribution in [3.05, 3.63) is 35.4 Å². The minimum atomic E-state index is -4.38. The van der Waals surface area contributed by atoms with Crippen LogP contribution in [0.15, 0.2) is 24.3 Å². The highest BCUT2D eigenvalue weighted by Crippen LogP contribution is 2.51. The Hall–Kier alpha value is -2.33. The molecule has 1 saturated carbocycles. The van der Waals surface area contributed by atoms with E-state index in [0.29, 0.717) is 38.6 Å². The molecule has 5 rings (SSSR count). The van der Waals surface area contributed by atoms with Crippen LogP contribution in [0.2, 0.25) is 0 Å². The number of carbonyl (C=O) groups excluding carboxylic acids is 2. The van der Waals surface area contributed by atoms with E-state index >= 15 is 0 Å². The maximum atomic E-state index is 13.2. The molecule has 1 aromatic carbocycles. The van der Waals surface area contributed by atoms with Crippen molar-refractivity contribution in [1.29, 1.82) is 0 Å². The predicted octanol–water partition coefficient (Wildman–Crippen LogP) is 6.45. The maximum Gasteiger partial charge on any atom is 0.416 e. The Balaban J connectivity index is 1.37. The van der Waals surface area contributed by atoms with Crippen molar-refractivity contribution in [3.8, 4) is 0 Å². The average Bonchev–Trinajstić information content (AvgIpc) is 3.53. The van der Waals surface area contributed by atoms with Gasteiger partial charge in [0.05, 0.1) is 18.2 Å². The number of piperidine rings is 1. The van der Waals surface area contributed by atoms with E-state index < -0.39 is 23.1 Å². The second-order valence-corrected chi connectivity index (χ2v) is 14.0. The first kappa shape index (κ1) is 31.1. The van der Waals surface area contributed by atoms with E-state index in [9.17, 15) is 22.8 Å². The van der Waals surface area contributed by atoms with Crippen molar-refractivity contribution in [2.45, 2.75) is 122 Å². The monoisotopic (exact) mass is 593 g/mol. The Morgan fingerprint density at radius 1 is 1.14 bits per heavy atom. The Kier molecular flexibility index (Phi) is 8.62. The topological polar surface area (TPSA) is 62.3 Å². The zero-order valence-corrected chi connectivity index (χ0v) is 25.6. The van der Waals surface area contributed by atoms with Gasteiger partial charge in [0, 0.05) is 44.1 Å². The number of halogens is 3. The molecule has 1 aromatic rings. The molecule has 4 fully saturated rings. The van der Waals surface area contributed by atoms with Gasteiger partial charge < -0.3 is 19.3 Å². The van der Waals surface area contributed by atoms with E-state index in [1.807, 2.05) is 25.7 Å². The van der Waals surface area contributed by atoms with Crippen LogP contribution in [0.1, 0.15) is 90.7 Å². The van der Waals surface area contributed by atoms with Crippen molar-refractivity contribution in [2.24, 2.45) is 11.8 Å². The molecule has 5 atom stereocenters. The molecule has 3 aliphatic heterocycles. The van der Waals surface area contributed by atoms with Crippen molar-refractivity contribution in [3.63, 3.8) is 0 Å². The first-order valence-electron chi connectivity index (χ1n) is 15.5. The number of hydrogen-bond donors (Lipinski definition) is 0. The Morgan fingerprint density at radius 2 is 1.86 bits per heavy atom. The first-order chi connectivity index (χ1) is 19.7. The summed E-state index contributed by atoms with van der Waals surface area (Å²) in [6.45, 7) is 12.1. The molecule has 0 bridgehead atoms. The van der Waals surface area contributed by atoms with Gasteiger partial charge in [-0.1, -0.05) is 26.0 Å². The molecule has 1 spiro atoms. The number of benzene rings is 1. The zero-order chi connectivity index (χ0) is 30.4. The number of ether oxygens (including phenoxy) is 2. The van der Waals surface area contributed by atoms with Crippen LogP contribution in [-0.2, 0) is 27.0 Å². The van der Waals surface area contributed by atoms with E-state index in [0.717, 1.165) is 56.2 Å². The van der Waals surface area contributed by atoms with Gasteiger partial charge in [0.1, 0.15) is 11.3 Å². The van der Waals surface area contributed by atoms with Crippen LogP contribution >= 0.6 is 0 Å². The van der Waals surface area contributed by atoms with E-state index in [2.05, 4.69) is 23.6 Å². The van der Waals surface area contributed by atoms with Gasteiger partial charge >= 0.3 is 12.3 Å². The van der Waals surface area contributed by atoms with Crippen LogP contribution in [0.3, 0.4) is 0 Å². The van der Waals surface area contributed by atoms with Crippen molar-refractivity contribution < 1.29 is 32.2 Å². The summed E-state index contributed by atoms with van der Waals surface area (Å²) in [4.78, 5) is 32.4. The highest BCUT2D eigenvalue weighted by Gasteiger charge is 2.59. The number of hydrogen-bond acceptors (Lipinski definition) is 5. The molecule has 2 amide bonds.